The normalized spacial score (nSPS) is 11.0. The van der Waals surface area contributed by atoms with Crippen molar-refractivity contribution in [3.05, 3.63) is 101 Å². The van der Waals surface area contributed by atoms with Crippen LogP contribution in [0.3, 0.4) is 0 Å². The molecular formula is C30H30N4O2S. The van der Waals surface area contributed by atoms with E-state index in [0.717, 1.165) is 56.8 Å². The van der Waals surface area contributed by atoms with E-state index in [4.69, 9.17) is 14.7 Å². The highest BCUT2D eigenvalue weighted by Gasteiger charge is 2.14. The Kier molecular flexibility index (Phi) is 7.63. The number of ether oxygens (including phenoxy) is 1. The monoisotopic (exact) mass is 510 g/mol. The molecule has 0 aliphatic heterocycles. The van der Waals surface area contributed by atoms with E-state index in [1.54, 1.807) is 18.4 Å². The van der Waals surface area contributed by atoms with Crippen LogP contribution in [0.4, 0.5) is 22.5 Å². The van der Waals surface area contributed by atoms with Crippen molar-refractivity contribution in [2.45, 2.75) is 26.2 Å². The van der Waals surface area contributed by atoms with Gasteiger partial charge in [0.05, 0.1) is 17.3 Å². The molecule has 6 nitrogen and oxygen atoms in total. The first-order valence-electron chi connectivity index (χ1n) is 12.4. The molecule has 0 fully saturated rings. The summed E-state index contributed by atoms with van der Waals surface area (Å²) in [6.45, 7) is 2.30. The Bertz CT molecular complexity index is 1480. The van der Waals surface area contributed by atoms with Gasteiger partial charge in [0.25, 0.3) is 0 Å². The minimum absolute atomic E-state index is 0.142. The zero-order valence-corrected chi connectivity index (χ0v) is 21.8. The number of pyridine rings is 1. The summed E-state index contributed by atoms with van der Waals surface area (Å²) in [5, 5.41) is 17.0. The summed E-state index contributed by atoms with van der Waals surface area (Å²) in [6, 6.07) is 26.7. The fourth-order valence-electron chi connectivity index (χ4n) is 4.38. The van der Waals surface area contributed by atoms with Crippen LogP contribution in [0.25, 0.3) is 10.2 Å². The molecule has 0 unspecified atom stereocenters. The Morgan fingerprint density at radius 1 is 0.892 bits per heavy atom. The third-order valence-electron chi connectivity index (χ3n) is 6.26. The molecule has 3 aromatic carbocycles. The Morgan fingerprint density at radius 2 is 1.70 bits per heavy atom. The second-order valence-corrected chi connectivity index (χ2v) is 9.81. The quantitative estimate of drug-likeness (QED) is 0.190. The summed E-state index contributed by atoms with van der Waals surface area (Å²) in [5.74, 6) is 2.39. The maximum absolute atomic E-state index is 9.23. The summed E-state index contributed by atoms with van der Waals surface area (Å²) in [6.07, 6.45) is 2.30. The number of anilines is 4. The molecule has 5 rings (SSSR count). The molecule has 0 aliphatic rings. The lowest BCUT2D eigenvalue weighted by Gasteiger charge is -2.17. The number of aliphatic hydroxyl groups excluding tert-OH is 1. The molecule has 0 spiro atoms. The van der Waals surface area contributed by atoms with Crippen molar-refractivity contribution in [2.24, 2.45) is 0 Å². The summed E-state index contributed by atoms with van der Waals surface area (Å²) in [7, 11) is 1.67. The molecule has 0 saturated carbocycles. The maximum Gasteiger partial charge on any atom is 0.189 e. The third kappa shape index (κ3) is 5.90. The number of hydrogen-bond acceptors (Lipinski definition) is 7. The number of thiazole rings is 1. The molecule has 5 aromatic rings. The lowest BCUT2D eigenvalue weighted by atomic mass is 9.98. The van der Waals surface area contributed by atoms with Gasteiger partial charge in [-0.3, -0.25) is 0 Å². The zero-order chi connectivity index (χ0) is 25.6. The second-order valence-electron chi connectivity index (χ2n) is 8.78. The highest BCUT2D eigenvalue weighted by molar-refractivity contribution is 7.22. The summed E-state index contributed by atoms with van der Waals surface area (Å²) in [5.41, 5.74) is 6.63. The van der Waals surface area contributed by atoms with Gasteiger partial charge in [0.2, 0.25) is 0 Å². The number of benzene rings is 3. The van der Waals surface area contributed by atoms with E-state index in [0.29, 0.717) is 6.42 Å². The summed E-state index contributed by atoms with van der Waals surface area (Å²) in [4.78, 5) is 9.73. The highest BCUT2D eigenvalue weighted by atomic mass is 32.1. The molecule has 0 atom stereocenters. The Labute approximate surface area is 221 Å². The topological polar surface area (TPSA) is 79.3 Å². The van der Waals surface area contributed by atoms with Crippen LogP contribution in [0.5, 0.6) is 5.75 Å². The maximum atomic E-state index is 9.23. The molecule has 0 aliphatic carbocycles. The average molecular weight is 511 g/mol. The fourth-order valence-corrected chi connectivity index (χ4v) is 5.28. The first-order chi connectivity index (χ1) is 18.1. The molecule has 188 valence electrons. The number of methoxy groups -OCH3 is 1. The first-order valence-corrected chi connectivity index (χ1v) is 13.2. The number of aliphatic hydroxyl groups is 1. The van der Waals surface area contributed by atoms with E-state index in [1.165, 1.54) is 16.7 Å². The largest absolute Gasteiger partial charge is 0.497 e. The van der Waals surface area contributed by atoms with Crippen molar-refractivity contribution in [3.63, 3.8) is 0 Å². The molecule has 2 aromatic heterocycles. The molecule has 2 heterocycles. The van der Waals surface area contributed by atoms with E-state index in [1.807, 2.05) is 48.5 Å². The van der Waals surface area contributed by atoms with Crippen LogP contribution >= 0.6 is 11.3 Å². The molecule has 37 heavy (non-hydrogen) atoms. The van der Waals surface area contributed by atoms with Crippen molar-refractivity contribution in [1.82, 2.24) is 9.97 Å². The van der Waals surface area contributed by atoms with E-state index in [9.17, 15) is 5.11 Å². The molecule has 0 radical (unpaired) electrons. The van der Waals surface area contributed by atoms with E-state index < -0.39 is 0 Å². The van der Waals surface area contributed by atoms with Gasteiger partial charge in [0.15, 0.2) is 5.13 Å². The lowest BCUT2D eigenvalue weighted by molar-refractivity contribution is 0.299. The van der Waals surface area contributed by atoms with Crippen LogP contribution in [0.15, 0.2) is 78.9 Å². The van der Waals surface area contributed by atoms with Crippen molar-refractivity contribution in [3.8, 4) is 5.75 Å². The van der Waals surface area contributed by atoms with Crippen LogP contribution in [0.2, 0.25) is 0 Å². The minimum Gasteiger partial charge on any atom is -0.497 e. The van der Waals surface area contributed by atoms with E-state index >= 15 is 0 Å². The Hall–Kier alpha value is -3.94. The zero-order valence-electron chi connectivity index (χ0n) is 21.0. The van der Waals surface area contributed by atoms with Crippen LogP contribution in [-0.4, -0.2) is 28.8 Å². The van der Waals surface area contributed by atoms with Crippen molar-refractivity contribution in [1.29, 1.82) is 0 Å². The highest BCUT2D eigenvalue weighted by Crippen LogP contribution is 2.33. The molecule has 0 saturated heterocycles. The average Bonchev–Trinajstić information content (AvgIpc) is 3.32. The number of nitrogens with one attached hydrogen (secondary N) is 2. The van der Waals surface area contributed by atoms with Gasteiger partial charge in [-0.05, 0) is 77.9 Å². The van der Waals surface area contributed by atoms with Crippen molar-refractivity contribution in [2.75, 3.05) is 24.4 Å². The van der Waals surface area contributed by atoms with Crippen molar-refractivity contribution >= 4 is 44.0 Å². The van der Waals surface area contributed by atoms with Crippen LogP contribution < -0.4 is 15.4 Å². The number of nitrogens with zero attached hydrogens (tertiary/aromatic N) is 2. The predicted octanol–water partition coefficient (Wildman–Crippen LogP) is 6.88. The van der Waals surface area contributed by atoms with Gasteiger partial charge in [-0.25, -0.2) is 9.97 Å². The van der Waals surface area contributed by atoms with E-state index in [2.05, 4.69) is 47.9 Å². The van der Waals surface area contributed by atoms with Crippen LogP contribution in [-0.2, 0) is 19.3 Å². The number of aromatic nitrogens is 2. The lowest BCUT2D eigenvalue weighted by Crippen LogP contribution is -2.06. The van der Waals surface area contributed by atoms with Crippen molar-refractivity contribution < 1.29 is 9.84 Å². The molecule has 3 N–H and O–H groups in total. The SMILES string of the molecule is CCc1c(Cc2ccccc2)cc(Nc2nc3ccc(OC)cc3s2)nc1Nc1ccc(CCO)cc1. The molecular weight excluding hydrogens is 480 g/mol. The third-order valence-corrected chi connectivity index (χ3v) is 7.19. The Balaban J connectivity index is 1.51. The van der Waals surface area contributed by atoms with Gasteiger partial charge in [0, 0.05) is 12.3 Å². The van der Waals surface area contributed by atoms with Gasteiger partial charge in [-0.15, -0.1) is 0 Å². The smallest absolute Gasteiger partial charge is 0.189 e. The van der Waals surface area contributed by atoms with Crippen LogP contribution in [0.1, 0.15) is 29.2 Å². The van der Waals surface area contributed by atoms with Gasteiger partial charge in [0.1, 0.15) is 17.4 Å². The number of hydrogen-bond donors (Lipinski definition) is 3. The molecule has 0 amide bonds. The van der Waals surface area contributed by atoms with Gasteiger partial charge >= 0.3 is 0 Å². The Morgan fingerprint density at radius 3 is 2.43 bits per heavy atom. The first kappa shape index (κ1) is 24.7. The van der Waals surface area contributed by atoms with Crippen LogP contribution in [0, 0.1) is 0 Å². The predicted molar refractivity (Wildman–Crippen MR) is 153 cm³/mol. The minimum atomic E-state index is 0.142. The number of rotatable bonds is 10. The standard InChI is InChI=1S/C30H30N4O2S/c1-3-25-22(17-21-7-5-4-6-8-21)18-28(33-29(25)31-23-11-9-20(10-12-23)15-16-35)34-30-32-26-14-13-24(36-2)19-27(26)37-30/h4-14,18-19,35H,3,15-17H2,1-2H3,(H2,31,32,33,34). The second kappa shape index (κ2) is 11.4. The van der Waals surface area contributed by atoms with Gasteiger partial charge in [-0.1, -0.05) is 60.7 Å². The molecule has 0 bridgehead atoms. The van der Waals surface area contributed by atoms with Gasteiger partial charge in [-0.2, -0.15) is 0 Å². The summed E-state index contributed by atoms with van der Waals surface area (Å²) >= 11 is 1.57. The molecule has 7 heteroatoms. The number of fused-ring (bicyclic) bond motifs is 1. The van der Waals surface area contributed by atoms with Gasteiger partial charge < -0.3 is 20.5 Å². The fraction of sp³-hybridized carbons (Fsp3) is 0.200. The summed E-state index contributed by atoms with van der Waals surface area (Å²) < 4.78 is 6.42. The van der Waals surface area contributed by atoms with E-state index in [-0.39, 0.29) is 6.61 Å².